The SMILES string of the molecule is COc1ccc(C=C2c3cccc(OC)c3C(=O)c3c(OC)cccc32)cc1. The summed E-state index contributed by atoms with van der Waals surface area (Å²) in [6.45, 7) is 0. The summed E-state index contributed by atoms with van der Waals surface area (Å²) in [6, 6.07) is 19.1. The first-order valence-electron chi connectivity index (χ1n) is 8.93. The van der Waals surface area contributed by atoms with Crippen molar-refractivity contribution in [2.45, 2.75) is 0 Å². The lowest BCUT2D eigenvalue weighted by molar-refractivity contribution is 0.103. The fraction of sp³-hybridized carbons (Fsp3) is 0.125. The Hall–Kier alpha value is -3.53. The van der Waals surface area contributed by atoms with E-state index in [4.69, 9.17) is 14.2 Å². The molecule has 1 aliphatic carbocycles. The molecule has 4 nitrogen and oxygen atoms in total. The minimum Gasteiger partial charge on any atom is -0.497 e. The molecular weight excluding hydrogens is 352 g/mol. The van der Waals surface area contributed by atoms with Gasteiger partial charge in [0.05, 0.1) is 32.5 Å². The van der Waals surface area contributed by atoms with Crippen LogP contribution in [0.25, 0.3) is 11.6 Å². The predicted molar refractivity (Wildman–Crippen MR) is 109 cm³/mol. The van der Waals surface area contributed by atoms with E-state index in [0.29, 0.717) is 22.6 Å². The minimum atomic E-state index is -0.0909. The smallest absolute Gasteiger partial charge is 0.201 e. The largest absolute Gasteiger partial charge is 0.497 e. The van der Waals surface area contributed by atoms with Crippen LogP contribution in [0.15, 0.2) is 60.7 Å². The van der Waals surface area contributed by atoms with Crippen molar-refractivity contribution in [3.8, 4) is 17.2 Å². The molecule has 0 heterocycles. The van der Waals surface area contributed by atoms with Crippen molar-refractivity contribution >= 4 is 17.4 Å². The lowest BCUT2D eigenvalue weighted by Crippen LogP contribution is -2.17. The number of carbonyl (C=O) groups excluding carboxylic acids is 1. The molecule has 0 spiro atoms. The number of rotatable bonds is 4. The number of hydrogen-bond acceptors (Lipinski definition) is 4. The zero-order valence-corrected chi connectivity index (χ0v) is 16.0. The third-order valence-electron chi connectivity index (χ3n) is 4.95. The maximum absolute atomic E-state index is 13.3. The number of ketones is 1. The van der Waals surface area contributed by atoms with Crippen LogP contribution >= 0.6 is 0 Å². The summed E-state index contributed by atoms with van der Waals surface area (Å²) in [5.41, 5.74) is 4.77. The van der Waals surface area contributed by atoms with Gasteiger partial charge in [-0.1, -0.05) is 36.4 Å². The first-order chi connectivity index (χ1) is 13.7. The fourth-order valence-corrected chi connectivity index (χ4v) is 3.61. The number of benzene rings is 3. The maximum atomic E-state index is 13.3. The summed E-state index contributed by atoms with van der Waals surface area (Å²) in [5, 5.41) is 0. The zero-order chi connectivity index (χ0) is 19.7. The van der Waals surface area contributed by atoms with E-state index in [1.165, 1.54) is 0 Å². The highest BCUT2D eigenvalue weighted by atomic mass is 16.5. The number of ether oxygens (including phenoxy) is 3. The minimum absolute atomic E-state index is 0.0909. The first-order valence-corrected chi connectivity index (χ1v) is 8.93. The molecular formula is C24H20O4. The van der Waals surface area contributed by atoms with Crippen LogP contribution in [-0.4, -0.2) is 27.1 Å². The molecule has 0 aromatic heterocycles. The molecule has 4 rings (SSSR count). The molecule has 140 valence electrons. The summed E-state index contributed by atoms with van der Waals surface area (Å²) < 4.78 is 16.2. The van der Waals surface area contributed by atoms with Gasteiger partial charge in [0.1, 0.15) is 17.2 Å². The van der Waals surface area contributed by atoms with Crippen molar-refractivity contribution in [1.29, 1.82) is 0 Å². The molecule has 0 radical (unpaired) electrons. The molecule has 0 fully saturated rings. The second-order valence-electron chi connectivity index (χ2n) is 6.43. The molecule has 3 aromatic rings. The van der Waals surface area contributed by atoms with E-state index in [2.05, 4.69) is 6.08 Å². The lowest BCUT2D eigenvalue weighted by atomic mass is 9.79. The topological polar surface area (TPSA) is 44.8 Å². The highest BCUT2D eigenvalue weighted by molar-refractivity contribution is 6.22. The number of methoxy groups -OCH3 is 3. The van der Waals surface area contributed by atoms with Gasteiger partial charge in [0, 0.05) is 0 Å². The second-order valence-corrected chi connectivity index (χ2v) is 6.43. The number of carbonyl (C=O) groups is 1. The van der Waals surface area contributed by atoms with E-state index in [-0.39, 0.29) is 5.78 Å². The summed E-state index contributed by atoms with van der Waals surface area (Å²) in [5.74, 6) is 1.82. The Balaban J connectivity index is 2.00. The van der Waals surface area contributed by atoms with Crippen LogP contribution in [0.4, 0.5) is 0 Å². The molecule has 0 N–H and O–H groups in total. The van der Waals surface area contributed by atoms with E-state index in [1.807, 2.05) is 60.7 Å². The van der Waals surface area contributed by atoms with Crippen molar-refractivity contribution < 1.29 is 19.0 Å². The van der Waals surface area contributed by atoms with Crippen molar-refractivity contribution in [1.82, 2.24) is 0 Å². The van der Waals surface area contributed by atoms with E-state index in [0.717, 1.165) is 28.0 Å². The van der Waals surface area contributed by atoms with Crippen LogP contribution in [0.5, 0.6) is 17.2 Å². The summed E-state index contributed by atoms with van der Waals surface area (Å²) in [4.78, 5) is 13.3. The normalized spacial score (nSPS) is 12.1. The van der Waals surface area contributed by atoms with Gasteiger partial charge in [-0.2, -0.15) is 0 Å². The van der Waals surface area contributed by atoms with Crippen LogP contribution < -0.4 is 14.2 Å². The van der Waals surface area contributed by atoms with Gasteiger partial charge in [-0.15, -0.1) is 0 Å². The Labute approximate surface area is 164 Å². The molecule has 0 saturated carbocycles. The van der Waals surface area contributed by atoms with E-state index in [9.17, 15) is 4.79 Å². The van der Waals surface area contributed by atoms with Gasteiger partial charge in [-0.3, -0.25) is 4.79 Å². The van der Waals surface area contributed by atoms with Gasteiger partial charge >= 0.3 is 0 Å². The van der Waals surface area contributed by atoms with Gasteiger partial charge in [0.2, 0.25) is 5.78 Å². The quantitative estimate of drug-likeness (QED) is 0.514. The molecule has 0 saturated heterocycles. The first kappa shape index (κ1) is 17.9. The van der Waals surface area contributed by atoms with Crippen LogP contribution in [0, 0.1) is 0 Å². The molecule has 0 atom stereocenters. The van der Waals surface area contributed by atoms with Gasteiger partial charge in [0.15, 0.2) is 0 Å². The second kappa shape index (κ2) is 7.24. The molecule has 0 aliphatic heterocycles. The van der Waals surface area contributed by atoms with E-state index < -0.39 is 0 Å². The fourth-order valence-electron chi connectivity index (χ4n) is 3.61. The van der Waals surface area contributed by atoms with Crippen molar-refractivity contribution in [3.05, 3.63) is 88.5 Å². The monoisotopic (exact) mass is 372 g/mol. The predicted octanol–water partition coefficient (Wildman–Crippen LogP) is 4.85. The number of fused-ring (bicyclic) bond motifs is 2. The third kappa shape index (κ3) is 2.83. The van der Waals surface area contributed by atoms with Crippen LogP contribution in [-0.2, 0) is 0 Å². The Kier molecular flexibility index (Phi) is 4.62. The average molecular weight is 372 g/mol. The Bertz CT molecular complexity index is 1020. The molecule has 0 unspecified atom stereocenters. The van der Waals surface area contributed by atoms with Crippen LogP contribution in [0.1, 0.15) is 32.6 Å². The van der Waals surface area contributed by atoms with Crippen molar-refractivity contribution in [3.63, 3.8) is 0 Å². The Morgan fingerprint density at radius 3 is 1.68 bits per heavy atom. The molecule has 4 heteroatoms. The average Bonchev–Trinajstić information content (AvgIpc) is 2.75. The van der Waals surface area contributed by atoms with E-state index in [1.54, 1.807) is 21.3 Å². The Morgan fingerprint density at radius 2 is 1.21 bits per heavy atom. The van der Waals surface area contributed by atoms with Gasteiger partial charge in [-0.05, 0) is 52.6 Å². The lowest BCUT2D eigenvalue weighted by Gasteiger charge is -2.24. The van der Waals surface area contributed by atoms with Crippen molar-refractivity contribution in [2.24, 2.45) is 0 Å². The molecule has 0 amide bonds. The van der Waals surface area contributed by atoms with Crippen molar-refractivity contribution in [2.75, 3.05) is 21.3 Å². The molecule has 0 bridgehead atoms. The highest BCUT2D eigenvalue weighted by Crippen LogP contribution is 2.43. The molecule has 1 aliphatic rings. The zero-order valence-electron chi connectivity index (χ0n) is 16.0. The van der Waals surface area contributed by atoms with Gasteiger partial charge < -0.3 is 14.2 Å². The highest BCUT2D eigenvalue weighted by Gasteiger charge is 2.32. The van der Waals surface area contributed by atoms with E-state index >= 15 is 0 Å². The van der Waals surface area contributed by atoms with Gasteiger partial charge in [-0.25, -0.2) is 0 Å². The maximum Gasteiger partial charge on any atom is 0.201 e. The molecule has 28 heavy (non-hydrogen) atoms. The summed E-state index contributed by atoms with van der Waals surface area (Å²) in [7, 11) is 4.80. The molecule has 3 aromatic carbocycles. The summed E-state index contributed by atoms with van der Waals surface area (Å²) in [6.07, 6.45) is 2.07. The van der Waals surface area contributed by atoms with Crippen LogP contribution in [0.2, 0.25) is 0 Å². The van der Waals surface area contributed by atoms with Gasteiger partial charge in [0.25, 0.3) is 0 Å². The Morgan fingerprint density at radius 1 is 0.679 bits per heavy atom. The third-order valence-corrected chi connectivity index (χ3v) is 4.95. The number of hydrogen-bond donors (Lipinski definition) is 0. The summed E-state index contributed by atoms with van der Waals surface area (Å²) >= 11 is 0. The standard InChI is InChI=1S/C24H20O4/c1-26-16-12-10-15(11-13-16)14-19-17-6-4-8-20(27-2)22(17)24(25)23-18(19)7-5-9-21(23)28-3/h4-14H,1-3H3. The van der Waals surface area contributed by atoms with Crippen LogP contribution in [0.3, 0.4) is 0 Å².